The van der Waals surface area contributed by atoms with E-state index >= 15 is 0 Å². The van der Waals surface area contributed by atoms with Gasteiger partial charge in [0.2, 0.25) is 11.9 Å². The number of benzene rings is 1. The Hall–Kier alpha value is -3.49. The van der Waals surface area contributed by atoms with Crippen LogP contribution in [-0.4, -0.2) is 58.1 Å². The number of likely N-dealkylation sites (N-methyl/N-ethyl adjacent to an activating group) is 1. The van der Waals surface area contributed by atoms with E-state index in [9.17, 15) is 9.59 Å². The fraction of sp³-hybridized carbons (Fsp3) is 0.409. The van der Waals surface area contributed by atoms with Crippen LogP contribution in [0, 0.1) is 0 Å². The molecular weight excluding hydrogens is 394 g/mol. The molecule has 1 atom stereocenters. The maximum Gasteiger partial charge on any atom is 0.273 e. The van der Waals surface area contributed by atoms with Crippen LogP contribution in [0.5, 0.6) is 0 Å². The molecule has 1 aromatic heterocycles. The highest BCUT2D eigenvalue weighted by Gasteiger charge is 2.27. The highest BCUT2D eigenvalue weighted by atomic mass is 16.2. The van der Waals surface area contributed by atoms with Gasteiger partial charge in [0, 0.05) is 31.9 Å². The lowest BCUT2D eigenvalue weighted by atomic mass is 10.0. The standard InChI is InChI=1S/C22H29N7O2/c1-5-18(30)29-12-6-7-17(13-29)28(4)22-25-21(19(20(23)31)26-27-22)24-16-10-8-15(9-11-16)14(2)3/h5,8-11,14,17H,1,6-7,12-13H2,2-4H3,(H2,23,31)(H,24,25,27)/t17-/m1/s1. The van der Waals surface area contributed by atoms with Gasteiger partial charge in [0.25, 0.3) is 5.91 Å². The fourth-order valence-corrected chi connectivity index (χ4v) is 3.57. The summed E-state index contributed by atoms with van der Waals surface area (Å²) in [6, 6.07) is 7.91. The number of amides is 2. The lowest BCUT2D eigenvalue weighted by Gasteiger charge is -2.37. The van der Waals surface area contributed by atoms with Crippen LogP contribution in [-0.2, 0) is 4.79 Å². The normalized spacial score (nSPS) is 16.1. The number of hydrogen-bond donors (Lipinski definition) is 2. The van der Waals surface area contributed by atoms with E-state index < -0.39 is 5.91 Å². The van der Waals surface area contributed by atoms with E-state index in [0.717, 1.165) is 18.5 Å². The van der Waals surface area contributed by atoms with Crippen molar-refractivity contribution in [2.24, 2.45) is 5.73 Å². The minimum atomic E-state index is -0.712. The number of nitrogens with two attached hydrogens (primary N) is 1. The molecule has 0 aliphatic carbocycles. The summed E-state index contributed by atoms with van der Waals surface area (Å²) in [5, 5.41) is 11.3. The molecule has 1 saturated heterocycles. The Morgan fingerprint density at radius 1 is 1.29 bits per heavy atom. The minimum Gasteiger partial charge on any atom is -0.364 e. The van der Waals surface area contributed by atoms with Crippen molar-refractivity contribution >= 4 is 29.3 Å². The van der Waals surface area contributed by atoms with E-state index in [1.165, 1.54) is 11.6 Å². The van der Waals surface area contributed by atoms with Crippen LogP contribution in [0.3, 0.4) is 0 Å². The maximum atomic E-state index is 12.0. The number of hydrogen-bond acceptors (Lipinski definition) is 7. The summed E-state index contributed by atoms with van der Waals surface area (Å²) in [7, 11) is 1.86. The van der Waals surface area contributed by atoms with Gasteiger partial charge in [-0.2, -0.15) is 4.98 Å². The van der Waals surface area contributed by atoms with Gasteiger partial charge in [0.15, 0.2) is 11.5 Å². The van der Waals surface area contributed by atoms with E-state index in [4.69, 9.17) is 5.73 Å². The molecule has 9 heteroatoms. The summed E-state index contributed by atoms with van der Waals surface area (Å²) in [5.74, 6) is 0.212. The molecule has 1 aliphatic heterocycles. The second-order valence-electron chi connectivity index (χ2n) is 7.97. The van der Waals surface area contributed by atoms with Crippen LogP contribution in [0.2, 0.25) is 0 Å². The van der Waals surface area contributed by atoms with E-state index in [0.29, 0.717) is 25.0 Å². The van der Waals surface area contributed by atoms with Crippen molar-refractivity contribution in [3.63, 3.8) is 0 Å². The average Bonchev–Trinajstić information content (AvgIpc) is 2.78. The second-order valence-corrected chi connectivity index (χ2v) is 7.97. The van der Waals surface area contributed by atoms with Crippen LogP contribution in [0.15, 0.2) is 36.9 Å². The first-order valence-electron chi connectivity index (χ1n) is 10.4. The van der Waals surface area contributed by atoms with Crippen LogP contribution in [0.4, 0.5) is 17.5 Å². The zero-order chi connectivity index (χ0) is 22.5. The third kappa shape index (κ3) is 5.17. The topological polar surface area (TPSA) is 117 Å². The van der Waals surface area contributed by atoms with E-state index in [2.05, 4.69) is 40.9 Å². The second kappa shape index (κ2) is 9.55. The maximum absolute atomic E-state index is 12.0. The Kier molecular flexibility index (Phi) is 6.84. The fourth-order valence-electron chi connectivity index (χ4n) is 3.57. The van der Waals surface area contributed by atoms with Gasteiger partial charge in [-0.3, -0.25) is 9.59 Å². The number of aromatic nitrogens is 3. The number of rotatable bonds is 7. The zero-order valence-corrected chi connectivity index (χ0v) is 18.2. The van der Waals surface area contributed by atoms with E-state index in [1.54, 1.807) is 4.90 Å². The summed E-state index contributed by atoms with van der Waals surface area (Å²) in [4.78, 5) is 32.0. The first kappa shape index (κ1) is 22.2. The van der Waals surface area contributed by atoms with Crippen molar-refractivity contribution < 1.29 is 9.59 Å². The molecule has 0 saturated carbocycles. The van der Waals surface area contributed by atoms with Crippen molar-refractivity contribution in [3.05, 3.63) is 48.2 Å². The molecule has 2 heterocycles. The van der Waals surface area contributed by atoms with Crippen molar-refractivity contribution in [2.75, 3.05) is 30.4 Å². The average molecular weight is 424 g/mol. The molecule has 2 aromatic rings. The Balaban J connectivity index is 1.84. The highest BCUT2D eigenvalue weighted by Crippen LogP contribution is 2.24. The summed E-state index contributed by atoms with van der Waals surface area (Å²) in [5.41, 5.74) is 7.42. The monoisotopic (exact) mass is 423 g/mol. The molecule has 0 spiro atoms. The van der Waals surface area contributed by atoms with Gasteiger partial charge in [-0.15, -0.1) is 10.2 Å². The molecule has 3 N–H and O–H groups in total. The molecule has 3 rings (SSSR count). The van der Waals surface area contributed by atoms with Gasteiger partial charge in [0.05, 0.1) is 0 Å². The summed E-state index contributed by atoms with van der Waals surface area (Å²) >= 11 is 0. The lowest BCUT2D eigenvalue weighted by Crippen LogP contribution is -2.48. The molecule has 9 nitrogen and oxygen atoms in total. The third-order valence-electron chi connectivity index (χ3n) is 5.50. The molecule has 0 radical (unpaired) electrons. The van der Waals surface area contributed by atoms with E-state index in [-0.39, 0.29) is 23.5 Å². The number of nitrogens with one attached hydrogen (secondary N) is 1. The van der Waals surface area contributed by atoms with Crippen molar-refractivity contribution in [3.8, 4) is 0 Å². The van der Waals surface area contributed by atoms with Gasteiger partial charge in [0.1, 0.15) is 0 Å². The van der Waals surface area contributed by atoms with Gasteiger partial charge in [-0.05, 0) is 42.5 Å². The Labute approximate surface area is 182 Å². The SMILES string of the molecule is C=CC(=O)N1CCC[C@@H](N(C)c2nnc(C(N)=O)c(Nc3ccc(C(C)C)cc3)n2)C1. The van der Waals surface area contributed by atoms with Gasteiger partial charge < -0.3 is 20.9 Å². The lowest BCUT2D eigenvalue weighted by molar-refractivity contribution is -0.127. The predicted octanol–water partition coefficient (Wildman–Crippen LogP) is 2.45. The van der Waals surface area contributed by atoms with Crippen LogP contribution >= 0.6 is 0 Å². The molecule has 0 unspecified atom stereocenters. The largest absolute Gasteiger partial charge is 0.364 e. The van der Waals surface area contributed by atoms with Gasteiger partial charge in [-0.25, -0.2) is 0 Å². The molecule has 2 amide bonds. The number of carbonyl (C=O) groups is 2. The number of primary amides is 1. The summed E-state index contributed by atoms with van der Waals surface area (Å²) in [6.07, 6.45) is 3.08. The number of anilines is 3. The van der Waals surface area contributed by atoms with E-state index in [1.807, 2.05) is 36.2 Å². The highest BCUT2D eigenvalue weighted by molar-refractivity contribution is 5.96. The number of piperidine rings is 1. The number of nitrogens with zero attached hydrogens (tertiary/aromatic N) is 5. The molecule has 164 valence electrons. The molecular formula is C22H29N7O2. The van der Waals surface area contributed by atoms with Crippen LogP contribution in [0.25, 0.3) is 0 Å². The molecule has 0 bridgehead atoms. The first-order valence-corrected chi connectivity index (χ1v) is 10.4. The molecule has 31 heavy (non-hydrogen) atoms. The first-order chi connectivity index (χ1) is 14.8. The summed E-state index contributed by atoms with van der Waals surface area (Å²) in [6.45, 7) is 9.06. The molecule has 1 aliphatic rings. The van der Waals surface area contributed by atoms with Crippen molar-refractivity contribution in [1.82, 2.24) is 20.1 Å². The third-order valence-corrected chi connectivity index (χ3v) is 5.50. The van der Waals surface area contributed by atoms with Crippen molar-refractivity contribution in [1.29, 1.82) is 0 Å². The van der Waals surface area contributed by atoms with Gasteiger partial charge in [-0.1, -0.05) is 32.6 Å². The Morgan fingerprint density at radius 2 is 2.00 bits per heavy atom. The number of likely N-dealkylation sites (tertiary alicyclic amines) is 1. The zero-order valence-electron chi connectivity index (χ0n) is 18.2. The van der Waals surface area contributed by atoms with Crippen LogP contribution < -0.4 is 16.0 Å². The Morgan fingerprint density at radius 3 is 2.61 bits per heavy atom. The molecule has 1 aromatic carbocycles. The van der Waals surface area contributed by atoms with Crippen LogP contribution in [0.1, 0.15) is 48.7 Å². The smallest absolute Gasteiger partial charge is 0.273 e. The summed E-state index contributed by atoms with van der Waals surface area (Å²) < 4.78 is 0. The van der Waals surface area contributed by atoms with Gasteiger partial charge >= 0.3 is 0 Å². The molecule has 1 fully saturated rings. The predicted molar refractivity (Wildman–Crippen MR) is 120 cm³/mol. The minimum absolute atomic E-state index is 0.0250. The Bertz CT molecular complexity index is 959. The van der Waals surface area contributed by atoms with Crippen molar-refractivity contribution in [2.45, 2.75) is 38.6 Å². The number of carbonyl (C=O) groups excluding carboxylic acids is 2. The quantitative estimate of drug-likeness (QED) is 0.657.